The number of amides is 2. The third kappa shape index (κ3) is 6.96. The second-order valence-electron chi connectivity index (χ2n) is 8.57. The normalized spacial score (nSPS) is 15.9. The van der Waals surface area contributed by atoms with E-state index in [-0.39, 0.29) is 30.4 Å². The number of rotatable bonds is 10. The highest BCUT2D eigenvalue weighted by Crippen LogP contribution is 2.16. The number of hydrogen-bond acceptors (Lipinski definition) is 4. The number of aryl methyl sites for hydroxylation is 1. The molecule has 31 heavy (non-hydrogen) atoms. The molecule has 0 bridgehead atoms. The van der Waals surface area contributed by atoms with E-state index in [1.165, 1.54) is 5.56 Å². The van der Waals surface area contributed by atoms with E-state index in [2.05, 4.69) is 12.1 Å². The predicted molar refractivity (Wildman–Crippen MR) is 119 cm³/mol. The van der Waals surface area contributed by atoms with Crippen LogP contribution in [0.3, 0.4) is 0 Å². The van der Waals surface area contributed by atoms with E-state index in [9.17, 15) is 9.59 Å². The standard InChI is InChI=1S/C25H34N2O4/c1-19(2)25(29)27(16-22-10-7-15-30-22)18-24(28)26(17-23-12-11-20(3)31-23)14-13-21-8-5-4-6-9-21/h4-6,8-9,11-12,19,22H,7,10,13-18H2,1-3H3/t22-/m1/s1. The lowest BCUT2D eigenvalue weighted by molar-refractivity contribution is -0.144. The highest BCUT2D eigenvalue weighted by molar-refractivity contribution is 5.85. The Morgan fingerprint density at radius 3 is 2.48 bits per heavy atom. The lowest BCUT2D eigenvalue weighted by atomic mass is 10.1. The number of furan rings is 1. The fourth-order valence-corrected chi connectivity index (χ4v) is 3.85. The Bertz CT molecular complexity index is 840. The van der Waals surface area contributed by atoms with Gasteiger partial charge in [0, 0.05) is 25.6 Å². The van der Waals surface area contributed by atoms with Gasteiger partial charge in [0.05, 0.1) is 19.2 Å². The molecule has 1 fully saturated rings. The quantitative estimate of drug-likeness (QED) is 0.579. The Morgan fingerprint density at radius 2 is 1.87 bits per heavy atom. The maximum atomic E-state index is 13.3. The van der Waals surface area contributed by atoms with E-state index in [1.54, 1.807) is 9.80 Å². The molecule has 1 aromatic carbocycles. The van der Waals surface area contributed by atoms with Crippen LogP contribution in [0.25, 0.3) is 0 Å². The van der Waals surface area contributed by atoms with Crippen LogP contribution >= 0.6 is 0 Å². The van der Waals surface area contributed by atoms with Gasteiger partial charge in [-0.25, -0.2) is 0 Å². The van der Waals surface area contributed by atoms with Crippen LogP contribution < -0.4 is 0 Å². The summed E-state index contributed by atoms with van der Waals surface area (Å²) in [4.78, 5) is 29.6. The van der Waals surface area contributed by atoms with E-state index in [0.717, 1.165) is 37.4 Å². The molecule has 2 heterocycles. The van der Waals surface area contributed by atoms with Gasteiger partial charge in [0.25, 0.3) is 0 Å². The number of hydrogen-bond donors (Lipinski definition) is 0. The van der Waals surface area contributed by atoms with E-state index >= 15 is 0 Å². The van der Waals surface area contributed by atoms with Crippen LogP contribution in [0.4, 0.5) is 0 Å². The maximum Gasteiger partial charge on any atom is 0.242 e. The number of benzene rings is 1. The predicted octanol–water partition coefficient (Wildman–Crippen LogP) is 3.82. The molecule has 1 aliphatic heterocycles. The van der Waals surface area contributed by atoms with Gasteiger partial charge in [-0.15, -0.1) is 0 Å². The number of carbonyl (C=O) groups is 2. The highest BCUT2D eigenvalue weighted by atomic mass is 16.5. The fraction of sp³-hybridized carbons (Fsp3) is 0.520. The van der Waals surface area contributed by atoms with E-state index in [4.69, 9.17) is 9.15 Å². The molecule has 3 rings (SSSR count). The summed E-state index contributed by atoms with van der Waals surface area (Å²) in [6.45, 7) is 7.84. The molecule has 1 aliphatic rings. The second kappa shape index (κ2) is 11.1. The first kappa shape index (κ1) is 23.1. The van der Waals surface area contributed by atoms with Crippen molar-refractivity contribution in [3.8, 4) is 0 Å². The van der Waals surface area contributed by atoms with Crippen molar-refractivity contribution < 1.29 is 18.7 Å². The van der Waals surface area contributed by atoms with Gasteiger partial charge in [-0.05, 0) is 43.9 Å². The van der Waals surface area contributed by atoms with Crippen LogP contribution in [0.15, 0.2) is 46.9 Å². The zero-order valence-corrected chi connectivity index (χ0v) is 18.9. The van der Waals surface area contributed by atoms with Crippen molar-refractivity contribution in [1.29, 1.82) is 0 Å². The molecular weight excluding hydrogens is 392 g/mol. The van der Waals surface area contributed by atoms with Crippen LogP contribution in [0.1, 0.15) is 43.8 Å². The molecule has 2 amide bonds. The average molecular weight is 427 g/mol. The Labute approximate surface area is 185 Å². The van der Waals surface area contributed by atoms with Crippen molar-refractivity contribution in [2.45, 2.75) is 52.7 Å². The zero-order chi connectivity index (χ0) is 22.2. The molecule has 0 spiro atoms. The number of nitrogens with zero attached hydrogens (tertiary/aromatic N) is 2. The third-order valence-electron chi connectivity index (χ3n) is 5.59. The van der Waals surface area contributed by atoms with Gasteiger partial charge in [0.15, 0.2) is 0 Å². The van der Waals surface area contributed by atoms with Gasteiger partial charge in [-0.3, -0.25) is 9.59 Å². The number of ether oxygens (including phenoxy) is 1. The summed E-state index contributed by atoms with van der Waals surface area (Å²) in [5.74, 6) is 1.32. The monoisotopic (exact) mass is 426 g/mol. The zero-order valence-electron chi connectivity index (χ0n) is 18.9. The summed E-state index contributed by atoms with van der Waals surface area (Å²) >= 11 is 0. The van der Waals surface area contributed by atoms with Crippen molar-refractivity contribution in [1.82, 2.24) is 9.80 Å². The van der Waals surface area contributed by atoms with Crippen LogP contribution in [0.2, 0.25) is 0 Å². The van der Waals surface area contributed by atoms with Crippen molar-refractivity contribution in [2.24, 2.45) is 5.92 Å². The lowest BCUT2D eigenvalue weighted by Crippen LogP contribution is -2.47. The summed E-state index contributed by atoms with van der Waals surface area (Å²) in [5, 5.41) is 0. The van der Waals surface area contributed by atoms with Gasteiger partial charge >= 0.3 is 0 Å². The summed E-state index contributed by atoms with van der Waals surface area (Å²) < 4.78 is 11.4. The molecule has 0 saturated carbocycles. The second-order valence-corrected chi connectivity index (χ2v) is 8.57. The van der Waals surface area contributed by atoms with Gasteiger partial charge < -0.3 is 19.0 Å². The smallest absolute Gasteiger partial charge is 0.242 e. The minimum absolute atomic E-state index is 0.0132. The molecule has 0 N–H and O–H groups in total. The van der Waals surface area contributed by atoms with E-state index in [1.807, 2.05) is 51.1 Å². The van der Waals surface area contributed by atoms with Crippen LogP contribution in [-0.2, 0) is 27.3 Å². The van der Waals surface area contributed by atoms with Crippen LogP contribution in [0, 0.1) is 12.8 Å². The molecule has 2 aromatic rings. The maximum absolute atomic E-state index is 13.3. The van der Waals surface area contributed by atoms with E-state index < -0.39 is 0 Å². The Hall–Kier alpha value is -2.60. The molecule has 168 valence electrons. The Balaban J connectivity index is 1.71. The third-order valence-corrected chi connectivity index (χ3v) is 5.59. The molecular formula is C25H34N2O4. The van der Waals surface area contributed by atoms with Gasteiger partial charge in [-0.1, -0.05) is 44.2 Å². The number of carbonyl (C=O) groups excluding carboxylic acids is 2. The summed E-state index contributed by atoms with van der Waals surface area (Å²) in [5.41, 5.74) is 1.17. The lowest BCUT2D eigenvalue weighted by Gasteiger charge is -2.30. The molecule has 0 radical (unpaired) electrons. The topological polar surface area (TPSA) is 63.0 Å². The van der Waals surface area contributed by atoms with Crippen LogP contribution in [0.5, 0.6) is 0 Å². The SMILES string of the molecule is Cc1ccc(CN(CCc2ccccc2)C(=O)CN(C[C@H]2CCCO2)C(=O)C(C)C)o1. The van der Waals surface area contributed by atoms with Crippen molar-refractivity contribution in [2.75, 3.05) is 26.2 Å². The van der Waals surface area contributed by atoms with E-state index in [0.29, 0.717) is 19.6 Å². The molecule has 6 nitrogen and oxygen atoms in total. The van der Waals surface area contributed by atoms with Crippen molar-refractivity contribution >= 4 is 11.8 Å². The average Bonchev–Trinajstić information content (AvgIpc) is 3.42. The first-order valence-electron chi connectivity index (χ1n) is 11.2. The van der Waals surface area contributed by atoms with Crippen molar-refractivity contribution in [3.63, 3.8) is 0 Å². The summed E-state index contributed by atoms with van der Waals surface area (Å²) in [6.07, 6.45) is 2.69. The minimum Gasteiger partial charge on any atom is -0.464 e. The first-order valence-corrected chi connectivity index (χ1v) is 11.2. The Morgan fingerprint density at radius 1 is 1.10 bits per heavy atom. The molecule has 1 atom stereocenters. The summed E-state index contributed by atoms with van der Waals surface area (Å²) in [6, 6.07) is 13.9. The van der Waals surface area contributed by atoms with Gasteiger partial charge in [0.2, 0.25) is 11.8 Å². The molecule has 0 unspecified atom stereocenters. The molecule has 6 heteroatoms. The minimum atomic E-state index is -0.167. The van der Waals surface area contributed by atoms with Crippen LogP contribution in [-0.4, -0.2) is 54.0 Å². The van der Waals surface area contributed by atoms with Gasteiger partial charge in [-0.2, -0.15) is 0 Å². The first-order chi connectivity index (χ1) is 14.9. The Kier molecular flexibility index (Phi) is 8.29. The highest BCUT2D eigenvalue weighted by Gasteiger charge is 2.27. The summed E-state index contributed by atoms with van der Waals surface area (Å²) in [7, 11) is 0. The van der Waals surface area contributed by atoms with Crippen molar-refractivity contribution in [3.05, 3.63) is 59.5 Å². The molecule has 1 saturated heterocycles. The van der Waals surface area contributed by atoms with Gasteiger partial charge in [0.1, 0.15) is 11.5 Å². The largest absolute Gasteiger partial charge is 0.464 e. The molecule has 1 aromatic heterocycles. The molecule has 0 aliphatic carbocycles. The fourth-order valence-electron chi connectivity index (χ4n) is 3.85.